The number of hydrogen-bond acceptors (Lipinski definition) is 1. The molecule has 1 N–H and O–H groups in total. The van der Waals surface area contributed by atoms with Gasteiger partial charge < -0.3 is 5.32 Å². The second-order valence-electron chi connectivity index (χ2n) is 7.45. The molecule has 0 saturated carbocycles. The van der Waals surface area contributed by atoms with Crippen LogP contribution in [0.2, 0.25) is 0 Å². The summed E-state index contributed by atoms with van der Waals surface area (Å²) in [6.07, 6.45) is 19.7. The minimum Gasteiger partial charge on any atom is -0.312 e. The van der Waals surface area contributed by atoms with E-state index >= 15 is 0 Å². The zero-order valence-corrected chi connectivity index (χ0v) is 15.6. The van der Waals surface area contributed by atoms with E-state index in [0.717, 1.165) is 0 Å². The molecule has 128 valence electrons. The van der Waals surface area contributed by atoms with Gasteiger partial charge in [-0.25, -0.2) is 0 Å². The van der Waals surface area contributed by atoms with Crippen molar-refractivity contribution in [3.05, 3.63) is 0 Å². The van der Waals surface area contributed by atoms with Crippen molar-refractivity contribution in [2.75, 3.05) is 6.54 Å². The van der Waals surface area contributed by atoms with Gasteiger partial charge in [0.15, 0.2) is 0 Å². The molecule has 1 nitrogen and oxygen atoms in total. The smallest absolute Gasteiger partial charge is 0.0125 e. The number of rotatable bonds is 16. The average Bonchev–Trinajstić information content (AvgIpc) is 2.45. The molecule has 0 atom stereocenters. The van der Waals surface area contributed by atoms with Crippen molar-refractivity contribution in [2.45, 2.75) is 123 Å². The topological polar surface area (TPSA) is 12.0 Å². The Labute approximate surface area is 135 Å². The number of nitrogens with one attached hydrogen (secondary N) is 1. The third kappa shape index (κ3) is 16.2. The summed E-state index contributed by atoms with van der Waals surface area (Å²) in [5.41, 5.74) is 0.342. The van der Waals surface area contributed by atoms with Crippen molar-refractivity contribution < 1.29 is 0 Å². The standard InChI is InChI=1S/C20H43N/c1-5-7-9-10-11-12-13-14-15-17-19-21-20(3,4)18-16-8-6-2/h21H,5-19H2,1-4H3. The van der Waals surface area contributed by atoms with Crippen LogP contribution in [-0.4, -0.2) is 12.1 Å². The maximum atomic E-state index is 3.74. The van der Waals surface area contributed by atoms with Gasteiger partial charge in [0.1, 0.15) is 0 Å². The van der Waals surface area contributed by atoms with Crippen LogP contribution in [0.25, 0.3) is 0 Å². The maximum Gasteiger partial charge on any atom is 0.0125 e. The van der Waals surface area contributed by atoms with E-state index in [4.69, 9.17) is 0 Å². The second-order valence-corrected chi connectivity index (χ2v) is 7.45. The Hall–Kier alpha value is -0.0400. The monoisotopic (exact) mass is 297 g/mol. The minimum atomic E-state index is 0.342. The van der Waals surface area contributed by atoms with E-state index in [1.807, 2.05) is 0 Å². The van der Waals surface area contributed by atoms with Gasteiger partial charge in [0.25, 0.3) is 0 Å². The fraction of sp³-hybridized carbons (Fsp3) is 1.00. The first-order valence-electron chi connectivity index (χ1n) is 9.87. The van der Waals surface area contributed by atoms with Crippen molar-refractivity contribution in [2.24, 2.45) is 0 Å². The van der Waals surface area contributed by atoms with Crippen LogP contribution < -0.4 is 5.32 Å². The normalized spacial score (nSPS) is 12.0. The number of unbranched alkanes of at least 4 members (excludes halogenated alkanes) is 11. The lowest BCUT2D eigenvalue weighted by Gasteiger charge is -2.26. The van der Waals surface area contributed by atoms with E-state index < -0.39 is 0 Å². The van der Waals surface area contributed by atoms with Crippen molar-refractivity contribution in [1.29, 1.82) is 0 Å². The number of hydrogen-bond donors (Lipinski definition) is 1. The predicted octanol–water partition coefficient (Wildman–Crippen LogP) is 6.86. The fourth-order valence-corrected chi connectivity index (χ4v) is 2.94. The molecule has 0 unspecified atom stereocenters. The summed E-state index contributed by atoms with van der Waals surface area (Å²) in [6.45, 7) is 10.5. The highest BCUT2D eigenvalue weighted by molar-refractivity contribution is 4.76. The SMILES string of the molecule is CCCCCCCCCCCCNC(C)(C)CCCCC. The highest BCUT2D eigenvalue weighted by Gasteiger charge is 2.15. The lowest BCUT2D eigenvalue weighted by atomic mass is 9.96. The van der Waals surface area contributed by atoms with Crippen molar-refractivity contribution in [3.8, 4) is 0 Å². The van der Waals surface area contributed by atoms with E-state index in [2.05, 4.69) is 33.0 Å². The molecule has 0 bridgehead atoms. The molecule has 0 spiro atoms. The molecule has 0 rings (SSSR count). The van der Waals surface area contributed by atoms with Crippen molar-refractivity contribution >= 4 is 0 Å². The summed E-state index contributed by atoms with van der Waals surface area (Å²) in [7, 11) is 0. The first-order chi connectivity index (χ1) is 10.1. The molecule has 0 aliphatic rings. The largest absolute Gasteiger partial charge is 0.312 e. The fourth-order valence-electron chi connectivity index (χ4n) is 2.94. The van der Waals surface area contributed by atoms with Gasteiger partial charge in [-0.05, 0) is 33.2 Å². The van der Waals surface area contributed by atoms with Crippen LogP contribution in [0.3, 0.4) is 0 Å². The molecular formula is C20H43N. The zero-order valence-electron chi connectivity index (χ0n) is 15.6. The van der Waals surface area contributed by atoms with E-state index in [1.54, 1.807) is 0 Å². The minimum absolute atomic E-state index is 0.342. The van der Waals surface area contributed by atoms with Gasteiger partial charge >= 0.3 is 0 Å². The quantitative estimate of drug-likeness (QED) is 0.307. The van der Waals surface area contributed by atoms with Crippen LogP contribution in [0.1, 0.15) is 118 Å². The van der Waals surface area contributed by atoms with Gasteiger partial charge in [0.05, 0.1) is 0 Å². The molecule has 0 heterocycles. The molecule has 0 radical (unpaired) electrons. The lowest BCUT2D eigenvalue weighted by Crippen LogP contribution is -2.39. The Bertz CT molecular complexity index is 198. The van der Waals surface area contributed by atoms with Gasteiger partial charge in [0.2, 0.25) is 0 Å². The highest BCUT2D eigenvalue weighted by Crippen LogP contribution is 2.14. The van der Waals surface area contributed by atoms with Crippen molar-refractivity contribution in [1.82, 2.24) is 5.32 Å². The molecule has 0 aliphatic heterocycles. The molecule has 0 aromatic heterocycles. The third-order valence-electron chi connectivity index (χ3n) is 4.54. The van der Waals surface area contributed by atoms with E-state index in [-0.39, 0.29) is 0 Å². The van der Waals surface area contributed by atoms with Crippen LogP contribution in [0, 0.1) is 0 Å². The predicted molar refractivity (Wildman–Crippen MR) is 98.1 cm³/mol. The molecule has 21 heavy (non-hydrogen) atoms. The van der Waals surface area contributed by atoms with Crippen LogP contribution in [0.5, 0.6) is 0 Å². The van der Waals surface area contributed by atoms with Crippen LogP contribution in [0.15, 0.2) is 0 Å². The summed E-state index contributed by atoms with van der Waals surface area (Å²) < 4.78 is 0. The Kier molecular flexibility index (Phi) is 14.9. The van der Waals surface area contributed by atoms with E-state index in [1.165, 1.54) is 96.4 Å². The first-order valence-corrected chi connectivity index (χ1v) is 9.87. The molecule has 0 aromatic rings. The van der Waals surface area contributed by atoms with Crippen molar-refractivity contribution in [3.63, 3.8) is 0 Å². The summed E-state index contributed by atoms with van der Waals surface area (Å²) in [6, 6.07) is 0. The van der Waals surface area contributed by atoms with Gasteiger partial charge in [0, 0.05) is 5.54 Å². The Morgan fingerprint density at radius 1 is 0.571 bits per heavy atom. The second kappa shape index (κ2) is 14.9. The molecule has 0 saturated heterocycles. The lowest BCUT2D eigenvalue weighted by molar-refractivity contribution is 0.344. The first kappa shape index (κ1) is 21.0. The highest BCUT2D eigenvalue weighted by atomic mass is 14.9. The average molecular weight is 298 g/mol. The molecule has 0 aliphatic carbocycles. The van der Waals surface area contributed by atoms with Gasteiger partial charge in [-0.2, -0.15) is 0 Å². The molecule has 0 aromatic carbocycles. The van der Waals surface area contributed by atoms with E-state index in [9.17, 15) is 0 Å². The Balaban J connectivity index is 3.23. The zero-order chi connectivity index (χ0) is 15.8. The van der Waals surface area contributed by atoms with Crippen LogP contribution in [0.4, 0.5) is 0 Å². The molecular weight excluding hydrogens is 254 g/mol. The molecule has 0 fully saturated rings. The van der Waals surface area contributed by atoms with Gasteiger partial charge in [-0.15, -0.1) is 0 Å². The van der Waals surface area contributed by atoms with Gasteiger partial charge in [-0.1, -0.05) is 90.9 Å². The van der Waals surface area contributed by atoms with E-state index in [0.29, 0.717) is 5.54 Å². The maximum absolute atomic E-state index is 3.74. The van der Waals surface area contributed by atoms with Gasteiger partial charge in [-0.3, -0.25) is 0 Å². The molecule has 1 heteroatoms. The Morgan fingerprint density at radius 2 is 1.00 bits per heavy atom. The van der Waals surface area contributed by atoms with Crippen LogP contribution >= 0.6 is 0 Å². The summed E-state index contributed by atoms with van der Waals surface area (Å²) in [4.78, 5) is 0. The summed E-state index contributed by atoms with van der Waals surface area (Å²) in [5.74, 6) is 0. The third-order valence-corrected chi connectivity index (χ3v) is 4.54. The Morgan fingerprint density at radius 3 is 1.52 bits per heavy atom. The molecule has 0 amide bonds. The van der Waals surface area contributed by atoms with Crippen LogP contribution in [-0.2, 0) is 0 Å². The summed E-state index contributed by atoms with van der Waals surface area (Å²) >= 11 is 0. The summed E-state index contributed by atoms with van der Waals surface area (Å²) in [5, 5.41) is 3.74.